The summed E-state index contributed by atoms with van der Waals surface area (Å²) in [6, 6.07) is 8.25. The van der Waals surface area contributed by atoms with Gasteiger partial charge < -0.3 is 10.3 Å². The van der Waals surface area contributed by atoms with Crippen LogP contribution in [0.2, 0.25) is 0 Å². The van der Waals surface area contributed by atoms with Gasteiger partial charge in [-0.1, -0.05) is 12.1 Å². The Morgan fingerprint density at radius 3 is 3.06 bits per heavy atom. The summed E-state index contributed by atoms with van der Waals surface area (Å²) in [5, 5.41) is 6.50. The van der Waals surface area contributed by atoms with Crippen LogP contribution in [-0.2, 0) is 6.54 Å². The van der Waals surface area contributed by atoms with Gasteiger partial charge >= 0.3 is 0 Å². The molecule has 0 radical (unpaired) electrons. The maximum atomic E-state index is 4.58. The SMILES string of the molecule is CC(NCc1nccs1)c1nc2ccccc2[nH]1. The maximum Gasteiger partial charge on any atom is 0.124 e. The van der Waals surface area contributed by atoms with Crippen LogP contribution in [0.5, 0.6) is 0 Å². The molecule has 2 N–H and O–H groups in total. The third-order valence-electron chi connectivity index (χ3n) is 2.86. The quantitative estimate of drug-likeness (QED) is 0.756. The first-order valence-electron chi connectivity index (χ1n) is 5.89. The molecule has 4 nitrogen and oxygen atoms in total. The lowest BCUT2D eigenvalue weighted by Crippen LogP contribution is -2.19. The van der Waals surface area contributed by atoms with E-state index in [4.69, 9.17) is 0 Å². The molecule has 0 aliphatic heterocycles. The van der Waals surface area contributed by atoms with Gasteiger partial charge in [0.15, 0.2) is 0 Å². The Hall–Kier alpha value is -1.72. The second kappa shape index (κ2) is 4.88. The molecule has 0 saturated heterocycles. The van der Waals surface area contributed by atoms with Gasteiger partial charge in [0.25, 0.3) is 0 Å². The number of H-pyrrole nitrogens is 1. The normalized spacial score (nSPS) is 12.9. The zero-order valence-corrected chi connectivity index (χ0v) is 10.9. The van der Waals surface area contributed by atoms with Crippen LogP contribution >= 0.6 is 11.3 Å². The molecule has 3 aromatic rings. The minimum absolute atomic E-state index is 0.182. The van der Waals surface area contributed by atoms with Crippen molar-refractivity contribution in [2.45, 2.75) is 19.5 Å². The molecule has 0 bridgehead atoms. The number of aromatic amines is 1. The van der Waals surface area contributed by atoms with Crippen molar-refractivity contribution in [1.82, 2.24) is 20.3 Å². The molecule has 18 heavy (non-hydrogen) atoms. The van der Waals surface area contributed by atoms with Crippen LogP contribution < -0.4 is 5.32 Å². The zero-order chi connectivity index (χ0) is 12.4. The van der Waals surface area contributed by atoms with Gasteiger partial charge in [0.1, 0.15) is 10.8 Å². The van der Waals surface area contributed by atoms with E-state index < -0.39 is 0 Å². The molecule has 2 aromatic heterocycles. The van der Waals surface area contributed by atoms with E-state index in [2.05, 4.69) is 27.2 Å². The maximum absolute atomic E-state index is 4.58. The van der Waals surface area contributed by atoms with Gasteiger partial charge in [0, 0.05) is 18.1 Å². The summed E-state index contributed by atoms with van der Waals surface area (Å²) >= 11 is 1.66. The molecule has 0 spiro atoms. The fourth-order valence-electron chi connectivity index (χ4n) is 1.85. The van der Waals surface area contributed by atoms with Crippen molar-refractivity contribution in [3.63, 3.8) is 0 Å². The molecule has 3 rings (SSSR count). The van der Waals surface area contributed by atoms with Crippen LogP contribution in [-0.4, -0.2) is 15.0 Å². The molecule has 0 amide bonds. The lowest BCUT2D eigenvalue weighted by molar-refractivity contribution is 0.551. The average molecular weight is 258 g/mol. The van der Waals surface area contributed by atoms with Crippen molar-refractivity contribution in [3.8, 4) is 0 Å². The molecule has 1 unspecified atom stereocenters. The van der Waals surface area contributed by atoms with Crippen molar-refractivity contribution in [1.29, 1.82) is 0 Å². The monoisotopic (exact) mass is 258 g/mol. The van der Waals surface area contributed by atoms with E-state index in [1.807, 2.05) is 35.8 Å². The number of hydrogen-bond acceptors (Lipinski definition) is 4. The lowest BCUT2D eigenvalue weighted by atomic mass is 10.3. The standard InChI is InChI=1S/C13H14N4S/c1-9(15-8-12-14-6-7-18-12)13-16-10-4-2-3-5-11(10)17-13/h2-7,9,15H,8H2,1H3,(H,16,17). The first-order chi connectivity index (χ1) is 8.83. The molecule has 0 aliphatic carbocycles. The number of para-hydroxylation sites is 2. The van der Waals surface area contributed by atoms with E-state index in [9.17, 15) is 0 Å². The molecular weight excluding hydrogens is 244 g/mol. The summed E-state index contributed by atoms with van der Waals surface area (Å²) in [5.41, 5.74) is 2.09. The molecular formula is C13H14N4S. The summed E-state index contributed by atoms with van der Waals surface area (Å²) in [5.74, 6) is 0.966. The Balaban J connectivity index is 1.73. The van der Waals surface area contributed by atoms with Crippen molar-refractivity contribution in [2.75, 3.05) is 0 Å². The molecule has 1 aromatic carbocycles. The van der Waals surface area contributed by atoms with Gasteiger partial charge in [-0.05, 0) is 19.1 Å². The number of imidazole rings is 1. The van der Waals surface area contributed by atoms with E-state index in [0.29, 0.717) is 0 Å². The Morgan fingerprint density at radius 1 is 1.39 bits per heavy atom. The number of aromatic nitrogens is 3. The van der Waals surface area contributed by atoms with Crippen LogP contribution in [0.25, 0.3) is 11.0 Å². The third kappa shape index (κ3) is 2.27. The molecule has 0 saturated carbocycles. The minimum Gasteiger partial charge on any atom is -0.341 e. The van der Waals surface area contributed by atoms with Gasteiger partial charge in [-0.15, -0.1) is 11.3 Å². The van der Waals surface area contributed by atoms with Crippen LogP contribution in [0.4, 0.5) is 0 Å². The molecule has 2 heterocycles. The molecule has 0 aliphatic rings. The van der Waals surface area contributed by atoms with Gasteiger partial charge in [-0.3, -0.25) is 0 Å². The average Bonchev–Trinajstić information content (AvgIpc) is 3.04. The summed E-state index contributed by atoms with van der Waals surface area (Å²) in [6.45, 7) is 2.88. The van der Waals surface area contributed by atoms with Gasteiger partial charge in [-0.2, -0.15) is 0 Å². The molecule has 92 valence electrons. The number of thiazole rings is 1. The number of benzene rings is 1. The first-order valence-corrected chi connectivity index (χ1v) is 6.77. The third-order valence-corrected chi connectivity index (χ3v) is 3.64. The van der Waals surface area contributed by atoms with Crippen LogP contribution in [0.15, 0.2) is 35.8 Å². The second-order valence-corrected chi connectivity index (χ2v) is 5.15. The first kappa shape index (κ1) is 11.4. The van der Waals surface area contributed by atoms with E-state index in [0.717, 1.165) is 28.4 Å². The van der Waals surface area contributed by atoms with E-state index in [1.165, 1.54) is 0 Å². The highest BCUT2D eigenvalue weighted by atomic mass is 32.1. The predicted octanol–water partition coefficient (Wildman–Crippen LogP) is 2.87. The molecule has 5 heteroatoms. The van der Waals surface area contributed by atoms with Crippen molar-refractivity contribution < 1.29 is 0 Å². The number of nitrogens with one attached hydrogen (secondary N) is 2. The van der Waals surface area contributed by atoms with E-state index in [-0.39, 0.29) is 6.04 Å². The van der Waals surface area contributed by atoms with Gasteiger partial charge in [0.2, 0.25) is 0 Å². The number of nitrogens with zero attached hydrogens (tertiary/aromatic N) is 2. The fraction of sp³-hybridized carbons (Fsp3) is 0.231. The Kier molecular flexibility index (Phi) is 3.08. The van der Waals surface area contributed by atoms with Crippen molar-refractivity contribution in [3.05, 3.63) is 46.7 Å². The highest BCUT2D eigenvalue weighted by molar-refractivity contribution is 7.09. The predicted molar refractivity (Wildman–Crippen MR) is 73.5 cm³/mol. The van der Waals surface area contributed by atoms with Crippen LogP contribution in [0, 0.1) is 0 Å². The Labute approximate surface area is 109 Å². The fourth-order valence-corrected chi connectivity index (χ4v) is 2.42. The van der Waals surface area contributed by atoms with Crippen LogP contribution in [0.1, 0.15) is 23.8 Å². The van der Waals surface area contributed by atoms with Gasteiger partial charge in [0.05, 0.1) is 17.1 Å². The highest BCUT2D eigenvalue weighted by Gasteiger charge is 2.10. The highest BCUT2D eigenvalue weighted by Crippen LogP contribution is 2.16. The van der Waals surface area contributed by atoms with E-state index in [1.54, 1.807) is 11.3 Å². The Morgan fingerprint density at radius 2 is 2.28 bits per heavy atom. The largest absolute Gasteiger partial charge is 0.341 e. The lowest BCUT2D eigenvalue weighted by Gasteiger charge is -2.09. The van der Waals surface area contributed by atoms with E-state index >= 15 is 0 Å². The molecule has 1 atom stereocenters. The second-order valence-electron chi connectivity index (χ2n) is 4.17. The van der Waals surface area contributed by atoms with Crippen molar-refractivity contribution >= 4 is 22.4 Å². The zero-order valence-electron chi connectivity index (χ0n) is 10.1. The summed E-state index contributed by atoms with van der Waals surface area (Å²) in [4.78, 5) is 12.2. The summed E-state index contributed by atoms with van der Waals surface area (Å²) < 4.78 is 0. The van der Waals surface area contributed by atoms with Gasteiger partial charge in [-0.25, -0.2) is 9.97 Å². The molecule has 0 fully saturated rings. The van der Waals surface area contributed by atoms with Crippen LogP contribution in [0.3, 0.4) is 0 Å². The smallest absolute Gasteiger partial charge is 0.124 e. The topological polar surface area (TPSA) is 53.6 Å². The minimum atomic E-state index is 0.182. The summed E-state index contributed by atoms with van der Waals surface area (Å²) in [7, 11) is 0. The number of rotatable bonds is 4. The number of hydrogen-bond donors (Lipinski definition) is 2. The summed E-state index contributed by atoms with van der Waals surface area (Å²) in [6.07, 6.45) is 1.83. The number of fused-ring (bicyclic) bond motifs is 1. The Bertz CT molecular complexity index is 596. The van der Waals surface area contributed by atoms with Crippen molar-refractivity contribution in [2.24, 2.45) is 0 Å².